The Balaban J connectivity index is 2.57. The Kier molecular flexibility index (Phi) is 8.53. The van der Waals surface area contributed by atoms with Crippen molar-refractivity contribution in [3.63, 3.8) is 0 Å². The molecule has 0 bridgehead atoms. The molecule has 0 aromatic heterocycles. The molecule has 112 valence electrons. The van der Waals surface area contributed by atoms with E-state index in [-0.39, 0.29) is 11.5 Å². The molecule has 2 N–H and O–H groups in total. The number of hydrogen-bond acceptors (Lipinski definition) is 6. The van der Waals surface area contributed by atoms with Crippen LogP contribution in [0.3, 0.4) is 0 Å². The summed E-state index contributed by atoms with van der Waals surface area (Å²) in [6.07, 6.45) is 8.98. The smallest absolute Gasteiger partial charge is 0.207 e. The summed E-state index contributed by atoms with van der Waals surface area (Å²) >= 11 is 3.56. The number of aliphatic hydroxyl groups is 1. The second kappa shape index (κ2) is 9.94. The van der Waals surface area contributed by atoms with E-state index in [2.05, 4.69) is 22.8 Å². The average Bonchev–Trinajstić information content (AvgIpc) is 2.43. The van der Waals surface area contributed by atoms with E-state index in [1.54, 1.807) is 29.6 Å². The Labute approximate surface area is 129 Å². The number of aliphatic imine (C=N–C) groups is 1. The van der Waals surface area contributed by atoms with Crippen LogP contribution in [0.15, 0.2) is 28.6 Å². The van der Waals surface area contributed by atoms with Gasteiger partial charge in [-0.15, -0.1) is 0 Å². The van der Waals surface area contributed by atoms with Gasteiger partial charge in [0.2, 0.25) is 5.78 Å². The summed E-state index contributed by atoms with van der Waals surface area (Å²) < 4.78 is 0. The minimum absolute atomic E-state index is 0.00205. The molecule has 0 aromatic rings. The maximum atomic E-state index is 11.7. The zero-order valence-corrected chi connectivity index (χ0v) is 13.6. The third-order valence-corrected chi connectivity index (χ3v) is 4.10. The van der Waals surface area contributed by atoms with Crippen molar-refractivity contribution in [2.75, 3.05) is 37.1 Å². The van der Waals surface area contributed by atoms with Gasteiger partial charge in [-0.3, -0.25) is 9.79 Å². The Bertz CT molecular complexity index is 417. The first-order valence-corrected chi connectivity index (χ1v) is 9.41. The zero-order valence-electron chi connectivity index (χ0n) is 12.0. The van der Waals surface area contributed by atoms with Gasteiger partial charge >= 0.3 is 0 Å². The van der Waals surface area contributed by atoms with Crippen molar-refractivity contribution in [2.24, 2.45) is 4.99 Å². The predicted octanol–water partition coefficient (Wildman–Crippen LogP) is 2.43. The molecule has 6 heteroatoms. The predicted molar refractivity (Wildman–Crippen MR) is 90.1 cm³/mol. The van der Waals surface area contributed by atoms with E-state index in [4.69, 9.17) is 0 Å². The summed E-state index contributed by atoms with van der Waals surface area (Å²) in [5.41, 5.74) is 1.02. The Morgan fingerprint density at radius 2 is 1.90 bits per heavy atom. The summed E-state index contributed by atoms with van der Waals surface area (Å²) in [5, 5.41) is 12.9. The van der Waals surface area contributed by atoms with Crippen molar-refractivity contribution in [2.45, 2.75) is 12.8 Å². The molecule has 0 atom stereocenters. The van der Waals surface area contributed by atoms with Gasteiger partial charge < -0.3 is 10.4 Å². The van der Waals surface area contributed by atoms with Gasteiger partial charge in [0.25, 0.3) is 0 Å². The number of ketones is 1. The van der Waals surface area contributed by atoms with Crippen LogP contribution >= 0.6 is 23.5 Å². The van der Waals surface area contributed by atoms with Crippen molar-refractivity contribution in [1.82, 2.24) is 5.32 Å². The summed E-state index contributed by atoms with van der Waals surface area (Å²) in [7, 11) is 0. The van der Waals surface area contributed by atoms with Crippen LogP contribution in [0.2, 0.25) is 0 Å². The minimum Gasteiger partial charge on any atom is -0.506 e. The maximum Gasteiger partial charge on any atom is 0.207 e. The fourth-order valence-electron chi connectivity index (χ4n) is 1.67. The summed E-state index contributed by atoms with van der Waals surface area (Å²) in [4.78, 5) is 16.1. The summed E-state index contributed by atoms with van der Waals surface area (Å²) in [6, 6.07) is 0. The lowest BCUT2D eigenvalue weighted by Gasteiger charge is -2.14. The van der Waals surface area contributed by atoms with Gasteiger partial charge in [-0.05, 0) is 42.9 Å². The van der Waals surface area contributed by atoms with Crippen LogP contribution in [-0.4, -0.2) is 53.7 Å². The van der Waals surface area contributed by atoms with Crippen LogP contribution in [0.5, 0.6) is 0 Å². The summed E-state index contributed by atoms with van der Waals surface area (Å²) in [6.45, 7) is 1.42. The minimum atomic E-state index is -0.221. The molecule has 0 aliphatic heterocycles. The van der Waals surface area contributed by atoms with Crippen molar-refractivity contribution in [3.05, 3.63) is 23.6 Å². The lowest BCUT2D eigenvalue weighted by atomic mass is 10.1. The number of carbonyl (C=O) groups is 1. The van der Waals surface area contributed by atoms with Crippen LogP contribution in [0.4, 0.5) is 0 Å². The molecule has 1 aliphatic rings. The van der Waals surface area contributed by atoms with Crippen molar-refractivity contribution >= 4 is 35.0 Å². The van der Waals surface area contributed by atoms with E-state index in [9.17, 15) is 9.90 Å². The lowest BCUT2D eigenvalue weighted by molar-refractivity contribution is -0.109. The average molecular weight is 314 g/mol. The van der Waals surface area contributed by atoms with Crippen molar-refractivity contribution in [3.8, 4) is 0 Å². The Hall–Kier alpha value is -0.880. The highest BCUT2D eigenvalue weighted by atomic mass is 32.2. The van der Waals surface area contributed by atoms with Crippen LogP contribution in [0.25, 0.3) is 0 Å². The fraction of sp³-hybridized carbons (Fsp3) is 0.571. The van der Waals surface area contributed by atoms with Crippen molar-refractivity contribution in [1.29, 1.82) is 0 Å². The number of aliphatic hydroxyl groups excluding tert-OH is 1. The van der Waals surface area contributed by atoms with E-state index in [1.165, 1.54) is 6.08 Å². The molecule has 0 saturated carbocycles. The Morgan fingerprint density at radius 3 is 2.60 bits per heavy atom. The number of allylic oxidation sites excluding steroid dienone is 2. The first-order valence-electron chi connectivity index (χ1n) is 6.62. The third kappa shape index (κ3) is 6.05. The van der Waals surface area contributed by atoms with Gasteiger partial charge in [-0.2, -0.15) is 23.5 Å². The Morgan fingerprint density at radius 1 is 1.20 bits per heavy atom. The topological polar surface area (TPSA) is 61.7 Å². The van der Waals surface area contributed by atoms with Gasteiger partial charge in [-0.25, -0.2) is 0 Å². The molecule has 20 heavy (non-hydrogen) atoms. The molecule has 0 amide bonds. The third-order valence-electron chi connectivity index (χ3n) is 2.71. The fourth-order valence-corrected chi connectivity index (χ4v) is 2.52. The van der Waals surface area contributed by atoms with Gasteiger partial charge in [0.15, 0.2) is 0 Å². The molecule has 0 spiro atoms. The van der Waals surface area contributed by atoms with Crippen LogP contribution in [-0.2, 0) is 4.79 Å². The molecule has 0 radical (unpaired) electrons. The first kappa shape index (κ1) is 17.2. The number of rotatable bonds is 9. The van der Waals surface area contributed by atoms with Crippen LogP contribution < -0.4 is 5.32 Å². The first-order chi connectivity index (χ1) is 9.69. The molecule has 0 unspecified atom stereocenters. The zero-order chi connectivity index (χ0) is 14.8. The highest BCUT2D eigenvalue weighted by Gasteiger charge is 2.17. The highest BCUT2D eigenvalue weighted by molar-refractivity contribution is 7.98. The molecular formula is C14H22N2O2S2. The summed E-state index contributed by atoms with van der Waals surface area (Å²) in [5.74, 6) is 1.89. The molecule has 0 saturated heterocycles. The SMILES string of the molecule is CSCCCN=C1C=C(NCCCSC)C(O)=CC1=O. The van der Waals surface area contributed by atoms with E-state index < -0.39 is 0 Å². The number of thioether (sulfide) groups is 2. The van der Waals surface area contributed by atoms with E-state index >= 15 is 0 Å². The van der Waals surface area contributed by atoms with E-state index in [0.717, 1.165) is 30.9 Å². The molecule has 4 nitrogen and oxygen atoms in total. The molecule has 0 aromatic carbocycles. The second-order valence-electron chi connectivity index (χ2n) is 4.34. The number of nitrogens with zero attached hydrogens (tertiary/aromatic N) is 1. The largest absolute Gasteiger partial charge is 0.506 e. The van der Waals surface area contributed by atoms with Gasteiger partial charge in [-0.1, -0.05) is 0 Å². The van der Waals surface area contributed by atoms with Crippen LogP contribution in [0, 0.1) is 0 Å². The second-order valence-corrected chi connectivity index (χ2v) is 6.31. The van der Waals surface area contributed by atoms with Crippen LogP contribution in [0.1, 0.15) is 12.8 Å². The monoisotopic (exact) mass is 314 g/mol. The van der Waals surface area contributed by atoms with Gasteiger partial charge in [0.05, 0.1) is 5.70 Å². The number of nitrogens with one attached hydrogen (secondary N) is 1. The maximum absolute atomic E-state index is 11.7. The highest BCUT2D eigenvalue weighted by Crippen LogP contribution is 2.11. The quantitative estimate of drug-likeness (QED) is 0.505. The molecule has 1 rings (SSSR count). The normalized spacial score (nSPS) is 17.1. The lowest BCUT2D eigenvalue weighted by Crippen LogP contribution is -2.24. The van der Waals surface area contributed by atoms with Gasteiger partial charge in [0.1, 0.15) is 11.5 Å². The molecule has 0 heterocycles. The molecule has 1 aliphatic carbocycles. The van der Waals surface area contributed by atoms with E-state index in [0.29, 0.717) is 18.0 Å². The van der Waals surface area contributed by atoms with Crippen molar-refractivity contribution < 1.29 is 9.90 Å². The number of carbonyl (C=O) groups excluding carboxylic acids is 1. The standard InChI is InChI=1S/C14H22N2O2S2/c1-19-7-3-5-15-11-9-12(14(18)10-13(11)17)16-6-4-8-20-2/h9-10,15,17H,3-8H2,1-2H3. The molecule has 0 fully saturated rings. The van der Waals surface area contributed by atoms with Gasteiger partial charge in [0, 0.05) is 19.2 Å². The number of hydrogen-bond donors (Lipinski definition) is 2. The van der Waals surface area contributed by atoms with E-state index in [1.807, 2.05) is 0 Å². The molecular weight excluding hydrogens is 292 g/mol.